The number of benzene rings is 1. The third-order valence-corrected chi connectivity index (χ3v) is 3.19. The molecule has 118 valence electrons. The van der Waals surface area contributed by atoms with E-state index >= 15 is 0 Å². The van der Waals surface area contributed by atoms with E-state index in [9.17, 15) is 0 Å². The van der Waals surface area contributed by atoms with Gasteiger partial charge in [0.25, 0.3) is 0 Å². The van der Waals surface area contributed by atoms with Crippen molar-refractivity contribution in [3.05, 3.63) is 36.4 Å². The van der Waals surface area contributed by atoms with Crippen LogP contribution in [0.3, 0.4) is 0 Å². The number of hydrogen-bond acceptors (Lipinski definition) is 3. The van der Waals surface area contributed by atoms with Gasteiger partial charge in [-0.1, -0.05) is 26.0 Å². The fraction of sp³-hybridized carbons (Fsp3) is 0.556. The molecule has 1 aromatic carbocycles. The molecule has 3 nitrogen and oxygen atoms in total. The van der Waals surface area contributed by atoms with Gasteiger partial charge in [0.05, 0.1) is 13.2 Å². The second kappa shape index (κ2) is 10.3. The van der Waals surface area contributed by atoms with Gasteiger partial charge in [-0.05, 0) is 50.4 Å². The van der Waals surface area contributed by atoms with Crippen molar-refractivity contribution in [2.24, 2.45) is 0 Å². The molecule has 1 aromatic rings. The zero-order valence-electron chi connectivity index (χ0n) is 13.7. The third kappa shape index (κ3) is 6.21. The minimum absolute atomic E-state index is 0.286. The summed E-state index contributed by atoms with van der Waals surface area (Å²) in [5.74, 6) is 1.69. The Morgan fingerprint density at radius 3 is 2.43 bits per heavy atom. The molecular formula is C18H29NO2. The zero-order chi connectivity index (χ0) is 15.5. The van der Waals surface area contributed by atoms with Gasteiger partial charge in [-0.15, -0.1) is 6.58 Å². The Balaban J connectivity index is 2.78. The Kier molecular flexibility index (Phi) is 8.60. The molecule has 21 heavy (non-hydrogen) atoms. The molecule has 0 saturated heterocycles. The van der Waals surface area contributed by atoms with Crippen LogP contribution >= 0.6 is 0 Å². The average Bonchev–Trinajstić information content (AvgIpc) is 2.51. The van der Waals surface area contributed by atoms with E-state index in [4.69, 9.17) is 9.47 Å². The molecule has 1 unspecified atom stereocenters. The third-order valence-electron chi connectivity index (χ3n) is 3.19. The maximum absolute atomic E-state index is 5.83. The first kappa shape index (κ1) is 17.6. The van der Waals surface area contributed by atoms with E-state index in [1.165, 1.54) is 5.56 Å². The van der Waals surface area contributed by atoms with E-state index in [0.717, 1.165) is 43.9 Å². The van der Waals surface area contributed by atoms with Crippen LogP contribution in [0, 0.1) is 0 Å². The lowest BCUT2D eigenvalue weighted by molar-refractivity contribution is 0.268. The van der Waals surface area contributed by atoms with E-state index in [1.54, 1.807) is 0 Å². The van der Waals surface area contributed by atoms with Crippen LogP contribution in [0.4, 0.5) is 0 Å². The molecule has 1 rings (SSSR count). The molecular weight excluding hydrogens is 262 g/mol. The van der Waals surface area contributed by atoms with Gasteiger partial charge in [0.1, 0.15) is 0 Å². The summed E-state index contributed by atoms with van der Waals surface area (Å²) in [5.41, 5.74) is 1.22. The Morgan fingerprint density at radius 2 is 1.81 bits per heavy atom. The van der Waals surface area contributed by atoms with E-state index in [-0.39, 0.29) is 6.04 Å². The van der Waals surface area contributed by atoms with Crippen molar-refractivity contribution in [1.29, 1.82) is 0 Å². The van der Waals surface area contributed by atoms with Gasteiger partial charge in [-0.25, -0.2) is 0 Å². The molecule has 0 heterocycles. The normalized spacial score (nSPS) is 12.0. The van der Waals surface area contributed by atoms with Crippen molar-refractivity contribution in [2.75, 3.05) is 19.8 Å². The maximum Gasteiger partial charge on any atom is 0.161 e. The highest BCUT2D eigenvalue weighted by molar-refractivity contribution is 5.43. The summed E-state index contributed by atoms with van der Waals surface area (Å²) < 4.78 is 11.6. The van der Waals surface area contributed by atoms with Crippen LogP contribution in [0.15, 0.2) is 30.9 Å². The van der Waals surface area contributed by atoms with Crippen LogP contribution in [-0.2, 0) is 0 Å². The molecule has 0 aliphatic rings. The molecule has 3 heteroatoms. The van der Waals surface area contributed by atoms with Crippen molar-refractivity contribution >= 4 is 0 Å². The largest absolute Gasteiger partial charge is 0.490 e. The van der Waals surface area contributed by atoms with Gasteiger partial charge in [-0.3, -0.25) is 0 Å². The highest BCUT2D eigenvalue weighted by atomic mass is 16.5. The molecule has 0 spiro atoms. The molecule has 0 amide bonds. The van der Waals surface area contributed by atoms with E-state index in [0.29, 0.717) is 6.61 Å². The highest BCUT2D eigenvalue weighted by Gasteiger charge is 2.10. The average molecular weight is 291 g/mol. The van der Waals surface area contributed by atoms with Gasteiger partial charge >= 0.3 is 0 Å². The van der Waals surface area contributed by atoms with Crippen molar-refractivity contribution in [2.45, 2.75) is 46.1 Å². The molecule has 0 aliphatic carbocycles. The molecule has 0 saturated carbocycles. The Labute approximate surface area is 129 Å². The van der Waals surface area contributed by atoms with Crippen LogP contribution in [-0.4, -0.2) is 19.8 Å². The minimum Gasteiger partial charge on any atom is -0.490 e. The van der Waals surface area contributed by atoms with Crippen LogP contribution < -0.4 is 14.8 Å². The van der Waals surface area contributed by atoms with Crippen LogP contribution in [0.2, 0.25) is 0 Å². The number of ether oxygens (including phenoxy) is 2. The fourth-order valence-electron chi connectivity index (χ4n) is 1.97. The molecule has 0 aliphatic heterocycles. The molecule has 1 N–H and O–H groups in total. The van der Waals surface area contributed by atoms with Crippen molar-refractivity contribution in [3.63, 3.8) is 0 Å². The van der Waals surface area contributed by atoms with Gasteiger partial charge in [0.2, 0.25) is 0 Å². The molecule has 0 radical (unpaired) electrons. The molecule has 0 bridgehead atoms. The fourth-order valence-corrected chi connectivity index (χ4v) is 1.97. The topological polar surface area (TPSA) is 30.5 Å². The van der Waals surface area contributed by atoms with Crippen LogP contribution in [0.25, 0.3) is 0 Å². The second-order valence-corrected chi connectivity index (χ2v) is 5.16. The summed E-state index contributed by atoms with van der Waals surface area (Å²) in [6.07, 6.45) is 4.89. The first-order chi connectivity index (χ1) is 10.2. The predicted octanol–water partition coefficient (Wildman–Crippen LogP) is 4.49. The smallest absolute Gasteiger partial charge is 0.161 e. The SMILES string of the molecule is C=CCCNC(C)c1ccc(OCCC)c(OCCC)c1. The quantitative estimate of drug-likeness (QED) is 0.481. The predicted molar refractivity (Wildman–Crippen MR) is 89.2 cm³/mol. The summed E-state index contributed by atoms with van der Waals surface area (Å²) in [6.45, 7) is 12.5. The Bertz CT molecular complexity index is 418. The van der Waals surface area contributed by atoms with E-state index < -0.39 is 0 Å². The lowest BCUT2D eigenvalue weighted by Crippen LogP contribution is -2.19. The van der Waals surface area contributed by atoms with E-state index in [1.807, 2.05) is 12.1 Å². The zero-order valence-corrected chi connectivity index (χ0v) is 13.7. The lowest BCUT2D eigenvalue weighted by Gasteiger charge is -2.17. The van der Waals surface area contributed by atoms with E-state index in [2.05, 4.69) is 44.8 Å². The van der Waals surface area contributed by atoms with Crippen LogP contribution in [0.5, 0.6) is 11.5 Å². The molecule has 1 atom stereocenters. The second-order valence-electron chi connectivity index (χ2n) is 5.16. The first-order valence-corrected chi connectivity index (χ1v) is 7.96. The number of nitrogens with one attached hydrogen (secondary N) is 1. The standard InChI is InChI=1S/C18H29NO2/c1-5-8-11-19-15(4)16-9-10-17(20-12-6-2)18(14-16)21-13-7-3/h5,9-10,14-15,19H,1,6-8,11-13H2,2-4H3. The van der Waals surface area contributed by atoms with Gasteiger partial charge in [0, 0.05) is 6.04 Å². The van der Waals surface area contributed by atoms with Gasteiger partial charge < -0.3 is 14.8 Å². The monoisotopic (exact) mass is 291 g/mol. The van der Waals surface area contributed by atoms with Crippen molar-refractivity contribution < 1.29 is 9.47 Å². The van der Waals surface area contributed by atoms with Crippen molar-refractivity contribution in [3.8, 4) is 11.5 Å². The summed E-state index contributed by atoms with van der Waals surface area (Å²) >= 11 is 0. The summed E-state index contributed by atoms with van der Waals surface area (Å²) in [7, 11) is 0. The Morgan fingerprint density at radius 1 is 1.14 bits per heavy atom. The van der Waals surface area contributed by atoms with Crippen molar-refractivity contribution in [1.82, 2.24) is 5.32 Å². The minimum atomic E-state index is 0.286. The lowest BCUT2D eigenvalue weighted by atomic mass is 10.1. The summed E-state index contributed by atoms with van der Waals surface area (Å²) in [4.78, 5) is 0. The highest BCUT2D eigenvalue weighted by Crippen LogP contribution is 2.31. The van der Waals surface area contributed by atoms with Crippen LogP contribution in [0.1, 0.15) is 51.6 Å². The number of hydrogen-bond donors (Lipinski definition) is 1. The first-order valence-electron chi connectivity index (χ1n) is 7.96. The maximum atomic E-state index is 5.83. The molecule has 0 fully saturated rings. The summed E-state index contributed by atoms with van der Waals surface area (Å²) in [6, 6.07) is 6.50. The summed E-state index contributed by atoms with van der Waals surface area (Å²) in [5, 5.41) is 3.48. The van der Waals surface area contributed by atoms with Gasteiger partial charge in [0.15, 0.2) is 11.5 Å². The van der Waals surface area contributed by atoms with Gasteiger partial charge in [-0.2, -0.15) is 0 Å². The Hall–Kier alpha value is -1.48. The molecule has 0 aromatic heterocycles. The number of rotatable bonds is 11.